The van der Waals surface area contributed by atoms with E-state index >= 15 is 0 Å². The molecule has 1 aromatic carbocycles. The Morgan fingerprint density at radius 3 is 2.25 bits per heavy atom. The fraction of sp³-hybridized carbons (Fsp3) is 0.500. The van der Waals surface area contributed by atoms with Gasteiger partial charge in [0.1, 0.15) is 11.9 Å². The van der Waals surface area contributed by atoms with Gasteiger partial charge in [0.15, 0.2) is 5.82 Å². The number of piperazine rings is 1. The van der Waals surface area contributed by atoms with Gasteiger partial charge >= 0.3 is 6.09 Å². The number of anilines is 1. The van der Waals surface area contributed by atoms with E-state index in [-0.39, 0.29) is 22.7 Å². The number of aryl methyl sites for hydroxylation is 1. The molecule has 0 unspecified atom stereocenters. The minimum absolute atomic E-state index is 0.109. The van der Waals surface area contributed by atoms with Crippen LogP contribution in [0.2, 0.25) is 0 Å². The number of carbonyl (C=O) groups is 2. The van der Waals surface area contributed by atoms with E-state index in [0.29, 0.717) is 44.0 Å². The first kappa shape index (κ1) is 27.3. The van der Waals surface area contributed by atoms with Crippen LogP contribution in [0.1, 0.15) is 32.9 Å². The van der Waals surface area contributed by atoms with Crippen molar-refractivity contribution in [2.24, 2.45) is 0 Å². The van der Waals surface area contributed by atoms with Crippen LogP contribution in [0, 0.1) is 0 Å². The largest absolute Gasteiger partial charge is 0.444 e. The number of benzene rings is 1. The number of carbonyl (C=O) groups excluding carboxylic acids is 2. The quantitative estimate of drug-likeness (QED) is 0.507. The number of hydrogen-bond acceptors (Lipinski definition) is 8. The predicted octanol–water partition coefficient (Wildman–Crippen LogP) is 1.67. The molecular formula is C24H33N5O6S. The van der Waals surface area contributed by atoms with Crippen LogP contribution in [-0.2, 0) is 26.0 Å². The zero-order valence-electron chi connectivity index (χ0n) is 21.3. The summed E-state index contributed by atoms with van der Waals surface area (Å²) in [5.74, 6) is 0.215. The van der Waals surface area contributed by atoms with Crippen LogP contribution in [0.5, 0.6) is 0 Å². The SMILES string of the molecule is CN(C)S(=O)(=O)c1ccc(-n2cc(CCC=O)nc(N3CCN(C(=O)OC(C)(C)C)CC3)c2=O)cc1. The van der Waals surface area contributed by atoms with Gasteiger partial charge in [0, 0.05) is 58.6 Å². The Morgan fingerprint density at radius 1 is 1.11 bits per heavy atom. The summed E-state index contributed by atoms with van der Waals surface area (Å²) in [4.78, 5) is 44.8. The lowest BCUT2D eigenvalue weighted by molar-refractivity contribution is -0.107. The second-order valence-electron chi connectivity index (χ2n) is 9.67. The molecule has 196 valence electrons. The van der Waals surface area contributed by atoms with Gasteiger partial charge in [-0.2, -0.15) is 0 Å². The molecule has 0 aliphatic carbocycles. The third kappa shape index (κ3) is 6.30. The minimum atomic E-state index is -3.61. The second-order valence-corrected chi connectivity index (χ2v) is 11.8. The van der Waals surface area contributed by atoms with E-state index in [1.807, 2.05) is 4.90 Å². The average Bonchev–Trinajstić information content (AvgIpc) is 2.82. The summed E-state index contributed by atoms with van der Waals surface area (Å²) in [6, 6.07) is 6.01. The van der Waals surface area contributed by atoms with Crippen molar-refractivity contribution in [3.05, 3.63) is 46.5 Å². The van der Waals surface area contributed by atoms with Crippen molar-refractivity contribution in [3.8, 4) is 5.69 Å². The molecule has 1 aromatic heterocycles. The molecule has 0 spiro atoms. The fourth-order valence-corrected chi connectivity index (χ4v) is 4.57. The highest BCUT2D eigenvalue weighted by atomic mass is 32.2. The van der Waals surface area contributed by atoms with E-state index in [0.717, 1.165) is 10.6 Å². The maximum atomic E-state index is 13.4. The Kier molecular flexibility index (Phi) is 8.19. The molecule has 12 heteroatoms. The summed E-state index contributed by atoms with van der Waals surface area (Å²) < 4.78 is 32.8. The van der Waals surface area contributed by atoms with Gasteiger partial charge in [-0.25, -0.2) is 22.5 Å². The van der Waals surface area contributed by atoms with Gasteiger partial charge < -0.3 is 19.3 Å². The summed E-state index contributed by atoms with van der Waals surface area (Å²) in [5, 5.41) is 0. The monoisotopic (exact) mass is 519 g/mol. The summed E-state index contributed by atoms with van der Waals surface area (Å²) in [6.45, 7) is 6.93. The number of sulfonamides is 1. The minimum Gasteiger partial charge on any atom is -0.444 e. The first-order valence-electron chi connectivity index (χ1n) is 11.7. The highest BCUT2D eigenvalue weighted by Crippen LogP contribution is 2.19. The molecule has 1 saturated heterocycles. The number of amides is 1. The van der Waals surface area contributed by atoms with Crippen LogP contribution in [0.15, 0.2) is 40.2 Å². The van der Waals surface area contributed by atoms with E-state index in [4.69, 9.17) is 4.74 Å². The van der Waals surface area contributed by atoms with Crippen LogP contribution < -0.4 is 10.5 Å². The summed E-state index contributed by atoms with van der Waals surface area (Å²) in [5.41, 5.74) is 0.0498. The third-order valence-corrected chi connectivity index (χ3v) is 7.41. The zero-order chi connectivity index (χ0) is 26.7. The Balaban J connectivity index is 1.91. The Hall–Kier alpha value is -3.25. The van der Waals surface area contributed by atoms with Crippen molar-refractivity contribution in [1.29, 1.82) is 0 Å². The van der Waals surface area contributed by atoms with E-state index in [2.05, 4.69) is 4.98 Å². The van der Waals surface area contributed by atoms with E-state index in [9.17, 15) is 22.8 Å². The molecule has 0 saturated carbocycles. The van der Waals surface area contributed by atoms with Crippen molar-refractivity contribution in [3.63, 3.8) is 0 Å². The van der Waals surface area contributed by atoms with Crippen LogP contribution in [-0.4, -0.2) is 85.4 Å². The molecule has 1 amide bonds. The topological polar surface area (TPSA) is 122 Å². The van der Waals surface area contributed by atoms with Gasteiger partial charge in [-0.1, -0.05) is 0 Å². The van der Waals surface area contributed by atoms with Crippen LogP contribution >= 0.6 is 0 Å². The van der Waals surface area contributed by atoms with Gasteiger partial charge in [-0.3, -0.25) is 9.36 Å². The lowest BCUT2D eigenvalue weighted by atomic mass is 10.2. The van der Waals surface area contributed by atoms with Crippen LogP contribution in [0.4, 0.5) is 10.6 Å². The first-order valence-corrected chi connectivity index (χ1v) is 13.1. The molecule has 1 aliphatic heterocycles. The molecule has 36 heavy (non-hydrogen) atoms. The van der Waals surface area contributed by atoms with E-state index in [1.165, 1.54) is 30.8 Å². The maximum absolute atomic E-state index is 13.4. The number of aldehydes is 1. The summed E-state index contributed by atoms with van der Waals surface area (Å²) in [7, 11) is -0.713. The van der Waals surface area contributed by atoms with E-state index < -0.39 is 21.7 Å². The van der Waals surface area contributed by atoms with Gasteiger partial charge in [-0.15, -0.1) is 0 Å². The smallest absolute Gasteiger partial charge is 0.410 e. The normalized spacial score (nSPS) is 14.7. The molecule has 0 radical (unpaired) electrons. The molecule has 0 bridgehead atoms. The molecule has 2 heterocycles. The van der Waals surface area contributed by atoms with Crippen LogP contribution in [0.25, 0.3) is 5.69 Å². The van der Waals surface area contributed by atoms with Gasteiger partial charge in [0.05, 0.1) is 10.6 Å². The molecule has 3 rings (SSSR count). The highest BCUT2D eigenvalue weighted by Gasteiger charge is 2.28. The number of rotatable bonds is 7. The maximum Gasteiger partial charge on any atom is 0.410 e. The van der Waals surface area contributed by atoms with Crippen molar-refractivity contribution in [2.75, 3.05) is 45.2 Å². The van der Waals surface area contributed by atoms with Crippen molar-refractivity contribution < 1.29 is 22.7 Å². The summed E-state index contributed by atoms with van der Waals surface area (Å²) >= 11 is 0. The molecule has 2 aromatic rings. The van der Waals surface area contributed by atoms with Crippen molar-refractivity contribution >= 4 is 28.2 Å². The number of nitrogens with zero attached hydrogens (tertiary/aromatic N) is 5. The molecule has 0 N–H and O–H groups in total. The van der Waals surface area contributed by atoms with Crippen LogP contribution in [0.3, 0.4) is 0 Å². The van der Waals surface area contributed by atoms with E-state index in [1.54, 1.807) is 44.0 Å². The predicted molar refractivity (Wildman–Crippen MR) is 135 cm³/mol. The summed E-state index contributed by atoms with van der Waals surface area (Å²) in [6.07, 6.45) is 2.55. The first-order chi connectivity index (χ1) is 16.8. The Morgan fingerprint density at radius 2 is 1.72 bits per heavy atom. The lowest BCUT2D eigenvalue weighted by Crippen LogP contribution is -2.51. The molecule has 0 atom stereocenters. The molecular weight excluding hydrogens is 486 g/mol. The van der Waals surface area contributed by atoms with Crippen molar-refractivity contribution in [2.45, 2.75) is 44.1 Å². The van der Waals surface area contributed by atoms with Gasteiger partial charge in [0.2, 0.25) is 10.0 Å². The number of aromatic nitrogens is 2. The molecule has 11 nitrogen and oxygen atoms in total. The van der Waals surface area contributed by atoms with Crippen molar-refractivity contribution in [1.82, 2.24) is 18.8 Å². The molecule has 1 aliphatic rings. The zero-order valence-corrected chi connectivity index (χ0v) is 22.1. The molecule has 1 fully saturated rings. The number of hydrogen-bond donors (Lipinski definition) is 0. The second kappa shape index (κ2) is 10.8. The van der Waals surface area contributed by atoms with Gasteiger partial charge in [0.25, 0.3) is 5.56 Å². The lowest BCUT2D eigenvalue weighted by Gasteiger charge is -2.36. The number of ether oxygens (including phenoxy) is 1. The fourth-order valence-electron chi connectivity index (χ4n) is 3.67. The Labute approximate surface area is 211 Å². The third-order valence-electron chi connectivity index (χ3n) is 5.58. The highest BCUT2D eigenvalue weighted by molar-refractivity contribution is 7.89. The standard InChI is InChI=1S/C24H33N5O6S/c1-24(2,3)35-23(32)28-14-12-27(13-15-28)21-22(31)29(17-18(25-21)7-6-16-30)19-8-10-20(11-9-19)36(33,34)26(4)5/h8-11,16-17H,6-7,12-15H2,1-5H3. The Bertz CT molecular complexity index is 1260. The van der Waals surface area contributed by atoms with Gasteiger partial charge in [-0.05, 0) is 51.5 Å². The average molecular weight is 520 g/mol.